The first kappa shape index (κ1) is 17.6. The van der Waals surface area contributed by atoms with Crippen LogP contribution >= 0.6 is 0 Å². The number of aryl methyl sites for hydroxylation is 1. The lowest BCUT2D eigenvalue weighted by molar-refractivity contribution is 0.0731. The van der Waals surface area contributed by atoms with Crippen LogP contribution in [0.3, 0.4) is 0 Å². The van der Waals surface area contributed by atoms with Gasteiger partial charge in [0.05, 0.1) is 11.2 Å². The minimum Gasteiger partial charge on any atom is -0.459 e. The van der Waals surface area contributed by atoms with Crippen molar-refractivity contribution >= 4 is 15.9 Å². The smallest absolute Gasteiger partial charge is 0.289 e. The van der Waals surface area contributed by atoms with Crippen LogP contribution in [-0.4, -0.2) is 49.7 Å². The van der Waals surface area contributed by atoms with Gasteiger partial charge in [-0.1, -0.05) is 0 Å². The van der Waals surface area contributed by atoms with Gasteiger partial charge in [-0.2, -0.15) is 4.31 Å². The van der Waals surface area contributed by atoms with Gasteiger partial charge in [-0.05, 0) is 43.7 Å². The van der Waals surface area contributed by atoms with Crippen molar-refractivity contribution in [1.29, 1.82) is 0 Å². The first-order chi connectivity index (χ1) is 11.9. The molecule has 3 rings (SSSR count). The summed E-state index contributed by atoms with van der Waals surface area (Å²) in [5.74, 6) is -0.432. The first-order valence-electron chi connectivity index (χ1n) is 7.98. The molecule has 0 atom stereocenters. The summed E-state index contributed by atoms with van der Waals surface area (Å²) in [7, 11) is -3.71. The summed E-state index contributed by atoms with van der Waals surface area (Å²) in [6.07, 6.45) is 1.98. The van der Waals surface area contributed by atoms with E-state index in [0.29, 0.717) is 19.5 Å². The summed E-state index contributed by atoms with van der Waals surface area (Å²) in [6, 6.07) is 6.48. The molecule has 1 saturated heterocycles. The Hall–Kier alpha value is -2.19. The summed E-state index contributed by atoms with van der Waals surface area (Å²) in [5, 5.41) is 0. The van der Waals surface area contributed by atoms with Crippen LogP contribution in [0.4, 0.5) is 4.39 Å². The van der Waals surface area contributed by atoms with E-state index < -0.39 is 15.8 Å². The minimum atomic E-state index is -3.71. The Balaban J connectivity index is 1.74. The molecule has 8 heteroatoms. The van der Waals surface area contributed by atoms with E-state index >= 15 is 0 Å². The summed E-state index contributed by atoms with van der Waals surface area (Å²) < 4.78 is 45.0. The molecule has 1 aliphatic heterocycles. The predicted octanol–water partition coefficient (Wildman–Crippen LogP) is 2.26. The molecule has 0 saturated carbocycles. The van der Waals surface area contributed by atoms with Crippen LogP contribution in [0, 0.1) is 12.7 Å². The molecule has 2 aromatic rings. The zero-order valence-electron chi connectivity index (χ0n) is 13.8. The molecular formula is C17H19FN2O4S. The monoisotopic (exact) mass is 366 g/mol. The fourth-order valence-corrected chi connectivity index (χ4v) is 4.30. The zero-order chi connectivity index (χ0) is 18.0. The highest BCUT2D eigenvalue weighted by Crippen LogP contribution is 2.19. The van der Waals surface area contributed by atoms with E-state index in [9.17, 15) is 17.6 Å². The van der Waals surface area contributed by atoms with Crippen molar-refractivity contribution in [1.82, 2.24) is 9.21 Å². The number of nitrogens with zero attached hydrogens (tertiary/aromatic N) is 2. The topological polar surface area (TPSA) is 70.8 Å². The highest BCUT2D eigenvalue weighted by atomic mass is 32.2. The van der Waals surface area contributed by atoms with Crippen LogP contribution < -0.4 is 0 Å². The maximum Gasteiger partial charge on any atom is 0.289 e. The Labute approximate surface area is 145 Å². The molecule has 0 aliphatic carbocycles. The number of rotatable bonds is 3. The molecule has 0 radical (unpaired) electrons. The molecule has 1 aromatic carbocycles. The van der Waals surface area contributed by atoms with Crippen molar-refractivity contribution < 1.29 is 22.0 Å². The summed E-state index contributed by atoms with van der Waals surface area (Å²) >= 11 is 0. The van der Waals surface area contributed by atoms with Crippen LogP contribution in [0.1, 0.15) is 22.5 Å². The minimum absolute atomic E-state index is 0.0514. The molecule has 0 N–H and O–H groups in total. The number of carbonyl (C=O) groups is 1. The summed E-state index contributed by atoms with van der Waals surface area (Å²) in [4.78, 5) is 14.2. The first-order valence-corrected chi connectivity index (χ1v) is 9.42. The van der Waals surface area contributed by atoms with Crippen molar-refractivity contribution in [2.24, 2.45) is 0 Å². The van der Waals surface area contributed by atoms with Gasteiger partial charge < -0.3 is 9.32 Å². The van der Waals surface area contributed by atoms with Gasteiger partial charge in [-0.3, -0.25) is 4.79 Å². The van der Waals surface area contributed by atoms with Crippen LogP contribution in [-0.2, 0) is 10.0 Å². The lowest BCUT2D eigenvalue weighted by Crippen LogP contribution is -2.37. The lowest BCUT2D eigenvalue weighted by atomic mass is 10.2. The Morgan fingerprint density at radius 1 is 1.08 bits per heavy atom. The van der Waals surface area contributed by atoms with Crippen LogP contribution in [0.2, 0.25) is 0 Å². The van der Waals surface area contributed by atoms with Gasteiger partial charge in [0.1, 0.15) is 5.82 Å². The number of carbonyl (C=O) groups excluding carboxylic acids is 1. The highest BCUT2D eigenvalue weighted by molar-refractivity contribution is 7.89. The standard InChI is InChI=1S/C17H19FN2O4S/c1-13-7-12-24-16(13)17(21)19-8-2-9-20(11-10-19)25(22,23)15-5-3-14(18)4-6-15/h3-7,12H,2,8-11H2,1H3. The zero-order valence-corrected chi connectivity index (χ0v) is 14.6. The molecule has 1 aromatic heterocycles. The van der Waals surface area contributed by atoms with Gasteiger partial charge in [-0.15, -0.1) is 0 Å². The summed E-state index contributed by atoms with van der Waals surface area (Å²) in [6.45, 7) is 3.01. The van der Waals surface area contributed by atoms with Gasteiger partial charge in [-0.25, -0.2) is 12.8 Å². The summed E-state index contributed by atoms with van der Waals surface area (Å²) in [5.41, 5.74) is 0.755. The molecule has 1 fully saturated rings. The maximum atomic E-state index is 13.0. The Kier molecular flexibility index (Phi) is 4.91. The van der Waals surface area contributed by atoms with Crippen molar-refractivity contribution in [3.8, 4) is 0 Å². The number of halogens is 1. The van der Waals surface area contributed by atoms with Gasteiger partial charge in [0.25, 0.3) is 5.91 Å². The van der Waals surface area contributed by atoms with Crippen LogP contribution in [0.25, 0.3) is 0 Å². The lowest BCUT2D eigenvalue weighted by Gasteiger charge is -2.21. The molecule has 1 amide bonds. The molecule has 1 aliphatic rings. The number of hydrogen-bond donors (Lipinski definition) is 0. The quantitative estimate of drug-likeness (QED) is 0.835. The van der Waals surface area contributed by atoms with Crippen molar-refractivity contribution in [2.45, 2.75) is 18.2 Å². The third kappa shape index (κ3) is 3.59. The molecule has 2 heterocycles. The molecule has 134 valence electrons. The van der Waals surface area contributed by atoms with Gasteiger partial charge >= 0.3 is 0 Å². The van der Waals surface area contributed by atoms with E-state index in [2.05, 4.69) is 0 Å². The molecule has 25 heavy (non-hydrogen) atoms. The van der Waals surface area contributed by atoms with E-state index in [1.165, 1.54) is 22.7 Å². The molecule has 0 unspecified atom stereocenters. The predicted molar refractivity (Wildman–Crippen MR) is 89.1 cm³/mol. The average molecular weight is 366 g/mol. The van der Waals surface area contributed by atoms with E-state index in [4.69, 9.17) is 4.42 Å². The van der Waals surface area contributed by atoms with E-state index in [0.717, 1.165) is 17.7 Å². The van der Waals surface area contributed by atoms with Gasteiger partial charge in [0.15, 0.2) is 5.76 Å². The number of amides is 1. The molecule has 0 bridgehead atoms. The second-order valence-corrected chi connectivity index (χ2v) is 7.87. The normalized spacial score (nSPS) is 16.6. The van der Waals surface area contributed by atoms with Crippen molar-refractivity contribution in [2.75, 3.05) is 26.2 Å². The van der Waals surface area contributed by atoms with E-state index in [-0.39, 0.29) is 29.7 Å². The second kappa shape index (κ2) is 6.97. The van der Waals surface area contributed by atoms with E-state index in [1.807, 2.05) is 0 Å². The van der Waals surface area contributed by atoms with Crippen LogP contribution in [0.15, 0.2) is 45.9 Å². The SMILES string of the molecule is Cc1ccoc1C(=O)N1CCCN(S(=O)(=O)c2ccc(F)cc2)CC1. The third-order valence-corrected chi connectivity index (χ3v) is 6.16. The fourth-order valence-electron chi connectivity index (χ4n) is 2.83. The number of hydrogen-bond acceptors (Lipinski definition) is 4. The van der Waals surface area contributed by atoms with Gasteiger partial charge in [0, 0.05) is 31.7 Å². The Bertz CT molecular complexity index is 861. The van der Waals surface area contributed by atoms with Crippen molar-refractivity contribution in [3.05, 3.63) is 53.7 Å². The highest BCUT2D eigenvalue weighted by Gasteiger charge is 2.29. The fraction of sp³-hybridized carbons (Fsp3) is 0.353. The third-order valence-electron chi connectivity index (χ3n) is 4.25. The second-order valence-electron chi connectivity index (χ2n) is 5.94. The molecule has 0 spiro atoms. The molecule has 6 nitrogen and oxygen atoms in total. The Morgan fingerprint density at radius 3 is 2.44 bits per heavy atom. The largest absolute Gasteiger partial charge is 0.459 e. The number of benzene rings is 1. The van der Waals surface area contributed by atoms with Gasteiger partial charge in [0.2, 0.25) is 10.0 Å². The maximum absolute atomic E-state index is 13.0. The number of sulfonamides is 1. The Morgan fingerprint density at radius 2 is 1.80 bits per heavy atom. The van der Waals surface area contributed by atoms with E-state index in [1.54, 1.807) is 17.9 Å². The average Bonchev–Trinajstić information content (AvgIpc) is 2.86. The molecular weight excluding hydrogens is 347 g/mol. The van der Waals surface area contributed by atoms with Crippen molar-refractivity contribution in [3.63, 3.8) is 0 Å². The van der Waals surface area contributed by atoms with Crippen LogP contribution in [0.5, 0.6) is 0 Å². The number of furan rings is 1.